The normalized spacial score (nSPS) is 14.1. The van der Waals surface area contributed by atoms with Gasteiger partial charge in [-0.1, -0.05) is 0 Å². The summed E-state index contributed by atoms with van der Waals surface area (Å²) in [5, 5.41) is 3.53. The Morgan fingerprint density at radius 3 is 2.57 bits per heavy atom. The number of aromatic nitrogens is 2. The first-order valence-corrected chi connectivity index (χ1v) is 9.28. The van der Waals surface area contributed by atoms with E-state index in [1.807, 2.05) is 0 Å². The van der Waals surface area contributed by atoms with Crippen LogP contribution in [0.4, 0.5) is 10.2 Å². The molecule has 3 heterocycles. The van der Waals surface area contributed by atoms with Crippen LogP contribution in [0.2, 0.25) is 0 Å². The fourth-order valence-corrected chi connectivity index (χ4v) is 3.35. The van der Waals surface area contributed by atoms with Gasteiger partial charge in [-0.2, -0.15) is 0 Å². The summed E-state index contributed by atoms with van der Waals surface area (Å²) in [6, 6.07) is 9.69. The van der Waals surface area contributed by atoms with Gasteiger partial charge < -0.3 is 19.2 Å². The second kappa shape index (κ2) is 6.82. The van der Waals surface area contributed by atoms with Crippen molar-refractivity contribution in [1.29, 1.82) is 0 Å². The molecule has 0 saturated carbocycles. The topological polar surface area (TPSA) is 63.3 Å². The fourth-order valence-electron chi connectivity index (χ4n) is 3.35. The molecular weight excluding hydrogens is 359 g/mol. The summed E-state index contributed by atoms with van der Waals surface area (Å²) < 4.78 is 20.7. The highest BCUT2D eigenvalue weighted by Gasteiger charge is 2.29. The number of carbonyl (C=O) groups is 1. The van der Waals surface area contributed by atoms with Gasteiger partial charge in [0.15, 0.2) is 5.76 Å². The minimum Gasteiger partial charge on any atom is -0.459 e. The second-order valence-electron chi connectivity index (χ2n) is 7.96. The van der Waals surface area contributed by atoms with Gasteiger partial charge in [-0.3, -0.25) is 4.79 Å². The number of imidazole rings is 1. The van der Waals surface area contributed by atoms with Crippen LogP contribution in [0.3, 0.4) is 0 Å². The van der Waals surface area contributed by atoms with Crippen LogP contribution in [0.1, 0.15) is 37.2 Å². The molecule has 0 bridgehead atoms. The van der Waals surface area contributed by atoms with Crippen LogP contribution in [0, 0.1) is 5.82 Å². The Bertz CT molecular complexity index is 985. The number of hydrogen-bond acceptors (Lipinski definition) is 4. The van der Waals surface area contributed by atoms with Crippen LogP contribution in [-0.4, -0.2) is 32.4 Å². The molecular formula is C21H23FN4O2. The summed E-state index contributed by atoms with van der Waals surface area (Å²) in [6.07, 6.45) is 1.50. The first-order chi connectivity index (χ1) is 13.3. The maximum absolute atomic E-state index is 13.4. The van der Waals surface area contributed by atoms with Crippen LogP contribution >= 0.6 is 0 Å². The SMILES string of the molecule is CC(C)(C)Nc1c(-c2ccc(F)cc2)nc2n1CCN(C(=O)c1ccco1)C2. The third-order valence-corrected chi connectivity index (χ3v) is 4.60. The molecule has 0 unspecified atom stereocenters. The number of hydrogen-bond donors (Lipinski definition) is 1. The van der Waals surface area contributed by atoms with Crippen LogP contribution in [-0.2, 0) is 13.1 Å². The van der Waals surface area contributed by atoms with E-state index in [0.29, 0.717) is 25.4 Å². The average molecular weight is 382 g/mol. The summed E-state index contributed by atoms with van der Waals surface area (Å²) in [5.74, 6) is 1.57. The quantitative estimate of drug-likeness (QED) is 0.739. The van der Waals surface area contributed by atoms with Gasteiger partial charge >= 0.3 is 0 Å². The van der Waals surface area contributed by atoms with Gasteiger partial charge in [0, 0.05) is 24.2 Å². The molecule has 0 atom stereocenters. The summed E-state index contributed by atoms with van der Waals surface area (Å²) in [5.41, 5.74) is 1.42. The zero-order chi connectivity index (χ0) is 19.9. The Morgan fingerprint density at radius 2 is 1.93 bits per heavy atom. The number of furan rings is 1. The Hall–Kier alpha value is -3.09. The third kappa shape index (κ3) is 3.52. The molecule has 28 heavy (non-hydrogen) atoms. The van der Waals surface area contributed by atoms with Crippen molar-refractivity contribution in [2.24, 2.45) is 0 Å². The van der Waals surface area contributed by atoms with Gasteiger partial charge in [-0.05, 0) is 57.2 Å². The van der Waals surface area contributed by atoms with Gasteiger partial charge in [-0.25, -0.2) is 9.37 Å². The molecule has 7 heteroatoms. The van der Waals surface area contributed by atoms with Crippen LogP contribution < -0.4 is 5.32 Å². The number of amides is 1. The second-order valence-corrected chi connectivity index (χ2v) is 7.96. The van der Waals surface area contributed by atoms with Gasteiger partial charge in [-0.15, -0.1) is 0 Å². The maximum atomic E-state index is 13.4. The van der Waals surface area contributed by atoms with E-state index in [-0.39, 0.29) is 17.3 Å². The molecule has 6 nitrogen and oxygen atoms in total. The number of halogens is 1. The summed E-state index contributed by atoms with van der Waals surface area (Å²) in [6.45, 7) is 7.81. The first-order valence-electron chi connectivity index (χ1n) is 9.28. The van der Waals surface area contributed by atoms with Gasteiger partial charge in [0.2, 0.25) is 0 Å². The molecule has 2 aromatic heterocycles. The molecule has 3 aromatic rings. The molecule has 1 amide bonds. The zero-order valence-corrected chi connectivity index (χ0v) is 16.2. The number of carbonyl (C=O) groups excluding carboxylic acids is 1. The van der Waals surface area contributed by atoms with Crippen LogP contribution in [0.15, 0.2) is 47.1 Å². The number of nitrogens with zero attached hydrogens (tertiary/aromatic N) is 3. The largest absolute Gasteiger partial charge is 0.459 e. The lowest BCUT2D eigenvalue weighted by molar-refractivity contribution is 0.0675. The summed E-state index contributed by atoms with van der Waals surface area (Å²) >= 11 is 0. The molecule has 0 fully saturated rings. The molecule has 4 rings (SSSR count). The maximum Gasteiger partial charge on any atom is 0.290 e. The Kier molecular flexibility index (Phi) is 4.45. The van der Waals surface area contributed by atoms with Gasteiger partial charge in [0.1, 0.15) is 23.2 Å². The van der Waals surface area contributed by atoms with Crippen LogP contribution in [0.5, 0.6) is 0 Å². The van der Waals surface area contributed by atoms with Crippen molar-refractivity contribution < 1.29 is 13.6 Å². The third-order valence-electron chi connectivity index (χ3n) is 4.60. The van der Waals surface area contributed by atoms with Crippen molar-refractivity contribution in [2.45, 2.75) is 39.4 Å². The molecule has 0 radical (unpaired) electrons. The highest BCUT2D eigenvalue weighted by atomic mass is 19.1. The minimum atomic E-state index is -0.284. The van der Waals surface area contributed by atoms with E-state index in [9.17, 15) is 9.18 Å². The fraction of sp³-hybridized carbons (Fsp3) is 0.333. The Balaban J connectivity index is 1.71. The van der Waals surface area contributed by atoms with Gasteiger partial charge in [0.25, 0.3) is 5.91 Å². The van der Waals surface area contributed by atoms with Crippen molar-refractivity contribution >= 4 is 11.7 Å². The lowest BCUT2D eigenvalue weighted by Gasteiger charge is -2.30. The van der Waals surface area contributed by atoms with E-state index in [1.54, 1.807) is 29.2 Å². The number of fused-ring (bicyclic) bond motifs is 1. The number of anilines is 1. The molecule has 0 spiro atoms. The van der Waals surface area contributed by atoms with Crippen molar-refractivity contribution in [3.05, 3.63) is 60.1 Å². The standard InChI is InChI=1S/C21H23FN4O2/c1-21(2,3)24-19-18(14-6-8-15(22)9-7-14)23-17-13-25(10-11-26(17)19)20(27)16-5-4-12-28-16/h4-9,12,24H,10-11,13H2,1-3H3. The Morgan fingerprint density at radius 1 is 1.18 bits per heavy atom. The number of nitrogens with one attached hydrogen (secondary N) is 1. The lowest BCUT2D eigenvalue weighted by Crippen LogP contribution is -2.39. The van der Waals surface area contributed by atoms with E-state index in [2.05, 4.69) is 30.7 Å². The smallest absolute Gasteiger partial charge is 0.290 e. The van der Waals surface area contributed by atoms with E-state index in [1.165, 1.54) is 18.4 Å². The molecule has 1 aromatic carbocycles. The highest BCUT2D eigenvalue weighted by Crippen LogP contribution is 2.33. The Labute approximate surface area is 163 Å². The van der Waals surface area contributed by atoms with E-state index >= 15 is 0 Å². The molecule has 1 aliphatic heterocycles. The molecule has 1 N–H and O–H groups in total. The van der Waals surface area contributed by atoms with Crippen molar-refractivity contribution in [3.63, 3.8) is 0 Å². The summed E-state index contributed by atoms with van der Waals surface area (Å²) in [4.78, 5) is 19.2. The predicted molar refractivity (Wildman–Crippen MR) is 104 cm³/mol. The van der Waals surface area contributed by atoms with Crippen molar-refractivity contribution in [1.82, 2.24) is 14.5 Å². The van der Waals surface area contributed by atoms with Crippen molar-refractivity contribution in [3.8, 4) is 11.3 Å². The van der Waals surface area contributed by atoms with Crippen LogP contribution in [0.25, 0.3) is 11.3 Å². The zero-order valence-electron chi connectivity index (χ0n) is 16.2. The van der Waals surface area contributed by atoms with E-state index < -0.39 is 0 Å². The molecule has 0 saturated heterocycles. The predicted octanol–water partition coefficient (Wildman–Crippen LogP) is 4.15. The molecule has 0 aliphatic carbocycles. The van der Waals surface area contributed by atoms with E-state index in [4.69, 9.17) is 9.40 Å². The molecule has 1 aliphatic rings. The highest BCUT2D eigenvalue weighted by molar-refractivity contribution is 5.91. The summed E-state index contributed by atoms with van der Waals surface area (Å²) in [7, 11) is 0. The minimum absolute atomic E-state index is 0.145. The first kappa shape index (κ1) is 18.3. The average Bonchev–Trinajstić information content (AvgIpc) is 3.29. The van der Waals surface area contributed by atoms with Gasteiger partial charge in [0.05, 0.1) is 12.8 Å². The van der Waals surface area contributed by atoms with Crippen molar-refractivity contribution in [2.75, 3.05) is 11.9 Å². The number of rotatable bonds is 3. The van der Waals surface area contributed by atoms with E-state index in [0.717, 1.165) is 22.9 Å². The molecule has 146 valence electrons. The monoisotopic (exact) mass is 382 g/mol. The lowest BCUT2D eigenvalue weighted by atomic mass is 10.1. The number of benzene rings is 1.